The Kier molecular flexibility index (Phi) is 11.6. The Bertz CT molecular complexity index is 537. The van der Waals surface area contributed by atoms with Crippen LogP contribution >= 0.6 is 0 Å². The van der Waals surface area contributed by atoms with E-state index in [2.05, 4.69) is 66.0 Å². The first-order valence-corrected chi connectivity index (χ1v) is 11.6. The minimum atomic E-state index is -0.347. The molecule has 0 radical (unpaired) electrons. The molecule has 0 saturated carbocycles. The highest BCUT2D eigenvalue weighted by Crippen LogP contribution is 2.40. The number of rotatable bonds is 14. The second-order valence-corrected chi connectivity index (χ2v) is 11.9. The van der Waals surface area contributed by atoms with Gasteiger partial charge < -0.3 is 15.4 Å². The first-order valence-electron chi connectivity index (χ1n) is 11.6. The Morgan fingerprint density at radius 1 is 0.900 bits per heavy atom. The maximum atomic E-state index is 12.7. The first-order chi connectivity index (χ1) is 13.5. The Morgan fingerprint density at radius 2 is 1.47 bits per heavy atom. The van der Waals surface area contributed by atoms with E-state index in [4.69, 9.17) is 4.74 Å². The maximum Gasteiger partial charge on any atom is 0.222 e. The molecule has 0 aromatic carbocycles. The van der Waals surface area contributed by atoms with Gasteiger partial charge in [0.15, 0.2) is 0 Å². The summed E-state index contributed by atoms with van der Waals surface area (Å²) in [5, 5.41) is 6.09. The SMILES string of the molecule is CC(C)CNC(=O)CC(C)OCCC(C)(C)NC(=O)CC(C)(C)CC(C)(C)C(C)C. The van der Waals surface area contributed by atoms with Crippen LogP contribution in [-0.2, 0) is 14.3 Å². The summed E-state index contributed by atoms with van der Waals surface area (Å²) in [6, 6.07) is 0. The minimum Gasteiger partial charge on any atom is -0.378 e. The fraction of sp³-hybridized carbons (Fsp3) is 0.920. The Morgan fingerprint density at radius 3 is 1.97 bits per heavy atom. The lowest BCUT2D eigenvalue weighted by Gasteiger charge is -2.38. The molecule has 1 atom stereocenters. The zero-order valence-electron chi connectivity index (χ0n) is 21.7. The Balaban J connectivity index is 4.41. The molecular formula is C25H50N2O3. The van der Waals surface area contributed by atoms with Crippen molar-refractivity contribution in [3.63, 3.8) is 0 Å². The number of hydrogen-bond acceptors (Lipinski definition) is 3. The van der Waals surface area contributed by atoms with Crippen LogP contribution in [0, 0.1) is 22.7 Å². The summed E-state index contributed by atoms with van der Waals surface area (Å²) in [6.45, 7) is 24.7. The van der Waals surface area contributed by atoms with Crippen molar-refractivity contribution in [2.75, 3.05) is 13.2 Å². The number of hydrogen-bond donors (Lipinski definition) is 2. The van der Waals surface area contributed by atoms with Crippen LogP contribution in [0.2, 0.25) is 0 Å². The average molecular weight is 427 g/mol. The van der Waals surface area contributed by atoms with Crippen LogP contribution in [0.15, 0.2) is 0 Å². The van der Waals surface area contributed by atoms with E-state index >= 15 is 0 Å². The zero-order valence-corrected chi connectivity index (χ0v) is 21.7. The van der Waals surface area contributed by atoms with Gasteiger partial charge in [0.2, 0.25) is 11.8 Å². The molecule has 1 unspecified atom stereocenters. The summed E-state index contributed by atoms with van der Waals surface area (Å²) in [4.78, 5) is 24.6. The van der Waals surface area contributed by atoms with Gasteiger partial charge in [-0.3, -0.25) is 9.59 Å². The van der Waals surface area contributed by atoms with Gasteiger partial charge in [0.25, 0.3) is 0 Å². The largest absolute Gasteiger partial charge is 0.378 e. The van der Waals surface area contributed by atoms with E-state index in [-0.39, 0.29) is 34.3 Å². The molecule has 0 spiro atoms. The second-order valence-electron chi connectivity index (χ2n) is 11.9. The fourth-order valence-electron chi connectivity index (χ4n) is 3.64. The van der Waals surface area contributed by atoms with E-state index in [0.717, 1.165) is 6.42 Å². The number of nitrogens with one attached hydrogen (secondary N) is 2. The molecular weight excluding hydrogens is 376 g/mol. The third-order valence-corrected chi connectivity index (χ3v) is 5.92. The third kappa shape index (κ3) is 13.3. The summed E-state index contributed by atoms with van der Waals surface area (Å²) in [5.74, 6) is 1.12. The van der Waals surface area contributed by atoms with Crippen LogP contribution in [0.4, 0.5) is 0 Å². The van der Waals surface area contributed by atoms with Gasteiger partial charge in [0, 0.05) is 25.1 Å². The van der Waals surface area contributed by atoms with E-state index in [0.29, 0.717) is 44.2 Å². The molecule has 0 saturated heterocycles. The van der Waals surface area contributed by atoms with Gasteiger partial charge in [-0.15, -0.1) is 0 Å². The average Bonchev–Trinajstić information content (AvgIpc) is 2.49. The van der Waals surface area contributed by atoms with Gasteiger partial charge in [-0.05, 0) is 56.3 Å². The van der Waals surface area contributed by atoms with Crippen molar-refractivity contribution in [2.45, 2.75) is 113 Å². The number of carbonyl (C=O) groups is 2. The van der Waals surface area contributed by atoms with E-state index in [1.165, 1.54) is 0 Å². The van der Waals surface area contributed by atoms with Crippen LogP contribution in [0.3, 0.4) is 0 Å². The summed E-state index contributed by atoms with van der Waals surface area (Å²) in [7, 11) is 0. The molecule has 0 bridgehead atoms. The minimum absolute atomic E-state index is 0.0234. The van der Waals surface area contributed by atoms with Crippen molar-refractivity contribution >= 4 is 11.8 Å². The van der Waals surface area contributed by atoms with Crippen molar-refractivity contribution < 1.29 is 14.3 Å². The molecule has 0 aromatic rings. The van der Waals surface area contributed by atoms with Gasteiger partial charge in [0.1, 0.15) is 0 Å². The standard InChI is InChI=1S/C25H50N2O3/c1-18(2)16-26-21(28)14-20(5)30-13-12-25(10,11)27-22(29)15-23(6,7)17-24(8,9)19(3)4/h18-20H,12-17H2,1-11H3,(H,26,28)(H,27,29). The van der Waals surface area contributed by atoms with Gasteiger partial charge in [-0.2, -0.15) is 0 Å². The first kappa shape index (κ1) is 28.9. The van der Waals surface area contributed by atoms with E-state index in [1.807, 2.05) is 20.8 Å². The smallest absolute Gasteiger partial charge is 0.222 e. The molecule has 30 heavy (non-hydrogen) atoms. The summed E-state index contributed by atoms with van der Waals surface area (Å²) < 4.78 is 5.82. The highest BCUT2D eigenvalue weighted by molar-refractivity contribution is 5.77. The lowest BCUT2D eigenvalue weighted by Crippen LogP contribution is -2.46. The Hall–Kier alpha value is -1.10. The summed E-state index contributed by atoms with van der Waals surface area (Å²) in [6.07, 6.45) is 2.44. The van der Waals surface area contributed by atoms with Crippen molar-refractivity contribution in [3.8, 4) is 0 Å². The summed E-state index contributed by atoms with van der Waals surface area (Å²) >= 11 is 0. The van der Waals surface area contributed by atoms with Crippen molar-refractivity contribution in [1.29, 1.82) is 0 Å². The molecule has 5 heteroatoms. The molecule has 2 N–H and O–H groups in total. The van der Waals surface area contributed by atoms with E-state index in [1.54, 1.807) is 0 Å². The van der Waals surface area contributed by atoms with Crippen molar-refractivity contribution in [3.05, 3.63) is 0 Å². The second kappa shape index (κ2) is 12.1. The number of amides is 2. The van der Waals surface area contributed by atoms with Crippen LogP contribution in [-0.4, -0.2) is 36.6 Å². The predicted molar refractivity (Wildman–Crippen MR) is 126 cm³/mol. The third-order valence-electron chi connectivity index (χ3n) is 5.92. The molecule has 0 heterocycles. The lowest BCUT2D eigenvalue weighted by molar-refractivity contribution is -0.125. The molecule has 0 aliphatic heterocycles. The highest BCUT2D eigenvalue weighted by atomic mass is 16.5. The quantitative estimate of drug-likeness (QED) is 0.395. The molecule has 2 amide bonds. The van der Waals surface area contributed by atoms with E-state index in [9.17, 15) is 9.59 Å². The fourth-order valence-corrected chi connectivity index (χ4v) is 3.64. The van der Waals surface area contributed by atoms with Crippen LogP contribution in [0.1, 0.15) is 102 Å². The topological polar surface area (TPSA) is 67.4 Å². The van der Waals surface area contributed by atoms with Crippen molar-refractivity contribution in [1.82, 2.24) is 10.6 Å². The lowest BCUT2D eigenvalue weighted by atomic mass is 9.68. The van der Waals surface area contributed by atoms with Crippen LogP contribution < -0.4 is 10.6 Å². The van der Waals surface area contributed by atoms with Gasteiger partial charge in [-0.1, -0.05) is 55.4 Å². The molecule has 0 aliphatic rings. The van der Waals surface area contributed by atoms with Crippen molar-refractivity contribution in [2.24, 2.45) is 22.7 Å². The van der Waals surface area contributed by atoms with E-state index < -0.39 is 0 Å². The molecule has 178 valence electrons. The molecule has 5 nitrogen and oxygen atoms in total. The monoisotopic (exact) mass is 426 g/mol. The number of carbonyl (C=O) groups excluding carboxylic acids is 2. The van der Waals surface area contributed by atoms with Crippen LogP contribution in [0.5, 0.6) is 0 Å². The number of ether oxygens (including phenoxy) is 1. The molecule has 0 rings (SSSR count). The molecule has 0 aromatic heterocycles. The predicted octanol–water partition coefficient (Wildman–Crippen LogP) is 5.33. The van der Waals surface area contributed by atoms with Gasteiger partial charge in [-0.25, -0.2) is 0 Å². The molecule has 0 aliphatic carbocycles. The Labute approximate surface area is 186 Å². The summed E-state index contributed by atoms with van der Waals surface area (Å²) in [5.41, 5.74) is -0.201. The van der Waals surface area contributed by atoms with Gasteiger partial charge in [0.05, 0.1) is 12.5 Å². The zero-order chi connectivity index (χ0) is 23.8. The normalized spacial score (nSPS) is 14.2. The highest BCUT2D eigenvalue weighted by Gasteiger charge is 2.33. The molecule has 0 fully saturated rings. The maximum absolute atomic E-state index is 12.7. The van der Waals surface area contributed by atoms with Gasteiger partial charge >= 0.3 is 0 Å². The van der Waals surface area contributed by atoms with Crippen LogP contribution in [0.25, 0.3) is 0 Å².